The maximum Gasteiger partial charge on any atom is 0.140 e. The summed E-state index contributed by atoms with van der Waals surface area (Å²) in [5.41, 5.74) is 2.37. The van der Waals surface area contributed by atoms with Crippen molar-refractivity contribution < 1.29 is 4.84 Å². The summed E-state index contributed by atoms with van der Waals surface area (Å²) in [6.07, 6.45) is 1.88. The van der Waals surface area contributed by atoms with Crippen LogP contribution in [0.3, 0.4) is 0 Å². The highest BCUT2D eigenvalue weighted by atomic mass is 32.2. The van der Waals surface area contributed by atoms with Gasteiger partial charge in [-0.15, -0.1) is 0 Å². The van der Waals surface area contributed by atoms with Gasteiger partial charge in [0.2, 0.25) is 0 Å². The lowest BCUT2D eigenvalue weighted by molar-refractivity contribution is -0.0126. The Kier molecular flexibility index (Phi) is 1.88. The zero-order valence-corrected chi connectivity index (χ0v) is 6.66. The smallest absolute Gasteiger partial charge is 0.140 e. The van der Waals surface area contributed by atoms with Gasteiger partial charge >= 0.3 is 0 Å². The molecule has 0 aliphatic carbocycles. The van der Waals surface area contributed by atoms with Crippen molar-refractivity contribution in [1.29, 1.82) is 5.26 Å². The number of hydroxylamine groups is 1. The van der Waals surface area contributed by atoms with Crippen LogP contribution in [0, 0.1) is 10.7 Å². The van der Waals surface area contributed by atoms with Gasteiger partial charge in [-0.1, -0.05) is 0 Å². The molecule has 0 aromatic heterocycles. The van der Waals surface area contributed by atoms with E-state index in [4.69, 9.17) is 10.1 Å². The van der Waals surface area contributed by atoms with Gasteiger partial charge < -0.3 is 0 Å². The van der Waals surface area contributed by atoms with Gasteiger partial charge in [-0.3, -0.25) is 10.3 Å². The van der Waals surface area contributed by atoms with Crippen molar-refractivity contribution in [3.05, 3.63) is 11.1 Å². The molecular formula is C6H8N2OS. The molecule has 0 fully saturated rings. The summed E-state index contributed by atoms with van der Waals surface area (Å²) in [7, 11) is 0. The molecule has 1 aliphatic heterocycles. The Morgan fingerprint density at radius 3 is 2.90 bits per heavy atom. The normalized spacial score (nSPS) is 21.1. The molecule has 0 saturated heterocycles. The average molecular weight is 156 g/mol. The Morgan fingerprint density at radius 2 is 2.50 bits per heavy atom. The summed E-state index contributed by atoms with van der Waals surface area (Å²) in [5, 5.41) is 11.0. The van der Waals surface area contributed by atoms with Gasteiger partial charge in [0.15, 0.2) is 0 Å². The van der Waals surface area contributed by atoms with E-state index in [9.17, 15) is 0 Å². The van der Waals surface area contributed by atoms with Crippen LogP contribution in [0.15, 0.2) is 11.1 Å². The highest BCUT2D eigenvalue weighted by Crippen LogP contribution is 2.24. The number of nitrogens with zero attached hydrogens (tertiary/aromatic N) is 1. The van der Waals surface area contributed by atoms with Gasteiger partial charge in [0.05, 0.1) is 0 Å². The minimum Gasteiger partial charge on any atom is -0.265 e. The van der Waals surface area contributed by atoms with Crippen LogP contribution in [0.25, 0.3) is 0 Å². The van der Waals surface area contributed by atoms with Crippen molar-refractivity contribution in [3.63, 3.8) is 0 Å². The van der Waals surface area contributed by atoms with Gasteiger partial charge in [0.1, 0.15) is 16.0 Å². The minimum atomic E-state index is -0.279. The van der Waals surface area contributed by atoms with Crippen LogP contribution in [0.4, 0.5) is 0 Å². The maximum absolute atomic E-state index is 8.27. The van der Waals surface area contributed by atoms with E-state index in [1.807, 2.05) is 25.3 Å². The molecule has 1 N–H and O–H groups in total. The monoisotopic (exact) mass is 156 g/mol. The third-order valence-corrected chi connectivity index (χ3v) is 1.56. The van der Waals surface area contributed by atoms with Crippen LogP contribution >= 0.6 is 11.8 Å². The SMILES string of the molecule is CC1(C)C=C(SC#N)NO1. The first-order valence-electron chi connectivity index (χ1n) is 2.87. The lowest BCUT2D eigenvalue weighted by atomic mass is 10.1. The molecule has 4 heteroatoms. The average Bonchev–Trinajstić information content (AvgIpc) is 2.12. The largest absolute Gasteiger partial charge is 0.265 e. The molecule has 0 atom stereocenters. The number of hydrogen-bond donors (Lipinski definition) is 1. The third kappa shape index (κ3) is 1.66. The Hall–Kier alpha value is -0.660. The zero-order chi connectivity index (χ0) is 7.61. The first kappa shape index (κ1) is 7.45. The summed E-state index contributed by atoms with van der Waals surface area (Å²) >= 11 is 1.07. The second kappa shape index (κ2) is 2.52. The molecule has 0 saturated carbocycles. The summed E-state index contributed by atoms with van der Waals surface area (Å²) in [6.45, 7) is 3.84. The van der Waals surface area contributed by atoms with Crippen LogP contribution < -0.4 is 5.48 Å². The van der Waals surface area contributed by atoms with E-state index in [0.29, 0.717) is 0 Å². The van der Waals surface area contributed by atoms with Crippen molar-refractivity contribution in [2.24, 2.45) is 0 Å². The lowest BCUT2D eigenvalue weighted by Gasteiger charge is -2.11. The first-order valence-corrected chi connectivity index (χ1v) is 3.68. The van der Waals surface area contributed by atoms with Gasteiger partial charge in [0.25, 0.3) is 0 Å². The van der Waals surface area contributed by atoms with E-state index < -0.39 is 0 Å². The molecule has 1 heterocycles. The Bertz CT molecular complexity index is 204. The number of nitriles is 1. The van der Waals surface area contributed by atoms with Crippen molar-refractivity contribution in [2.75, 3.05) is 0 Å². The maximum atomic E-state index is 8.27. The molecule has 0 bridgehead atoms. The van der Waals surface area contributed by atoms with Crippen LogP contribution in [0.5, 0.6) is 0 Å². The molecule has 54 valence electrons. The molecule has 1 rings (SSSR count). The van der Waals surface area contributed by atoms with Gasteiger partial charge in [-0.25, -0.2) is 0 Å². The van der Waals surface area contributed by atoms with E-state index in [1.165, 1.54) is 0 Å². The summed E-state index contributed by atoms with van der Waals surface area (Å²) in [6, 6.07) is 0. The quantitative estimate of drug-likeness (QED) is 0.582. The van der Waals surface area contributed by atoms with Gasteiger partial charge in [-0.2, -0.15) is 5.26 Å². The lowest BCUT2D eigenvalue weighted by Crippen LogP contribution is -2.20. The fourth-order valence-corrected chi connectivity index (χ4v) is 1.18. The summed E-state index contributed by atoms with van der Waals surface area (Å²) in [5.74, 6) is 0. The van der Waals surface area contributed by atoms with E-state index in [0.717, 1.165) is 16.8 Å². The fourth-order valence-electron chi connectivity index (χ4n) is 0.656. The predicted octanol–water partition coefficient (Wildman–Crippen LogP) is 1.36. The highest BCUT2D eigenvalue weighted by Gasteiger charge is 2.23. The van der Waals surface area contributed by atoms with Crippen LogP contribution in [0.1, 0.15) is 13.8 Å². The molecule has 1 aliphatic rings. The van der Waals surface area contributed by atoms with Crippen molar-refractivity contribution >= 4 is 11.8 Å². The topological polar surface area (TPSA) is 45.0 Å². The number of hydrogen-bond acceptors (Lipinski definition) is 4. The first-order chi connectivity index (χ1) is 4.64. The number of nitrogens with one attached hydrogen (secondary N) is 1. The van der Waals surface area contributed by atoms with E-state index in [-0.39, 0.29) is 5.60 Å². The van der Waals surface area contributed by atoms with Crippen LogP contribution in [-0.2, 0) is 4.84 Å². The van der Waals surface area contributed by atoms with Gasteiger partial charge in [-0.05, 0) is 19.9 Å². The highest BCUT2D eigenvalue weighted by molar-refractivity contribution is 8.07. The predicted molar refractivity (Wildman–Crippen MR) is 39.6 cm³/mol. The number of thioether (sulfide) groups is 1. The van der Waals surface area contributed by atoms with E-state index in [1.54, 1.807) is 0 Å². The van der Waals surface area contributed by atoms with E-state index >= 15 is 0 Å². The van der Waals surface area contributed by atoms with E-state index in [2.05, 4.69) is 5.48 Å². The molecule has 10 heavy (non-hydrogen) atoms. The third-order valence-electron chi connectivity index (χ3n) is 1.05. The number of rotatable bonds is 1. The Labute approximate surface area is 64.0 Å². The second-order valence-corrected chi connectivity index (χ2v) is 3.34. The molecule has 0 aromatic rings. The second-order valence-electron chi connectivity index (χ2n) is 2.51. The molecule has 0 amide bonds. The Balaban J connectivity index is 2.59. The Morgan fingerprint density at radius 1 is 1.80 bits per heavy atom. The molecule has 0 spiro atoms. The van der Waals surface area contributed by atoms with Gasteiger partial charge in [0, 0.05) is 11.8 Å². The molecule has 0 aromatic carbocycles. The standard InChI is InChI=1S/C6H8N2OS/c1-6(2)3-5(8-9-6)10-4-7/h3,8H,1-2H3. The molecular weight excluding hydrogens is 148 g/mol. The van der Waals surface area contributed by atoms with Crippen molar-refractivity contribution in [2.45, 2.75) is 19.4 Å². The summed E-state index contributed by atoms with van der Waals surface area (Å²) < 4.78 is 0. The van der Waals surface area contributed by atoms with Crippen molar-refractivity contribution in [1.82, 2.24) is 5.48 Å². The van der Waals surface area contributed by atoms with Crippen LogP contribution in [-0.4, -0.2) is 5.60 Å². The zero-order valence-electron chi connectivity index (χ0n) is 5.84. The molecule has 3 nitrogen and oxygen atoms in total. The van der Waals surface area contributed by atoms with Crippen LogP contribution in [0.2, 0.25) is 0 Å². The minimum absolute atomic E-state index is 0.279. The molecule has 0 unspecified atom stereocenters. The summed E-state index contributed by atoms with van der Waals surface area (Å²) in [4.78, 5) is 5.09. The number of thiocyanates is 1. The molecule has 0 radical (unpaired) electrons. The van der Waals surface area contributed by atoms with Crippen molar-refractivity contribution in [3.8, 4) is 5.40 Å². The fraction of sp³-hybridized carbons (Fsp3) is 0.500.